The number of nitrogens with one attached hydrogen (secondary N) is 1. The van der Waals surface area contributed by atoms with E-state index in [0.717, 1.165) is 41.0 Å². The van der Waals surface area contributed by atoms with E-state index >= 15 is 0 Å². The van der Waals surface area contributed by atoms with E-state index in [1.807, 2.05) is 24.8 Å². The predicted molar refractivity (Wildman–Crippen MR) is 104 cm³/mol. The Morgan fingerprint density at radius 1 is 1.26 bits per heavy atom. The van der Waals surface area contributed by atoms with Crippen LogP contribution in [0.5, 0.6) is 0 Å². The molecule has 1 aliphatic rings. The molecule has 1 amide bonds. The number of amides is 1. The molecule has 1 unspecified atom stereocenters. The third kappa shape index (κ3) is 3.62. The maximum Gasteiger partial charge on any atom is 0.274 e. The van der Waals surface area contributed by atoms with Gasteiger partial charge in [-0.25, -0.2) is 14.4 Å². The SMILES string of the molecule is Cc1cc2nc(NC(C)c3cncc(F)c3)nc(C(=O)N3CCCC3)c2s1. The van der Waals surface area contributed by atoms with Gasteiger partial charge in [-0.3, -0.25) is 9.78 Å². The van der Waals surface area contributed by atoms with Gasteiger partial charge in [0.15, 0.2) is 5.69 Å². The van der Waals surface area contributed by atoms with E-state index in [1.165, 1.54) is 23.6 Å². The van der Waals surface area contributed by atoms with E-state index in [9.17, 15) is 9.18 Å². The van der Waals surface area contributed by atoms with E-state index < -0.39 is 5.82 Å². The molecular weight excluding hydrogens is 365 g/mol. The molecule has 140 valence electrons. The standard InChI is InChI=1S/C19H20FN5OS/c1-11-7-15-17(27-11)16(18(26)25-5-3-4-6-25)24-19(23-15)22-12(2)13-8-14(20)10-21-9-13/h7-10,12H,3-6H2,1-2H3,(H,22,23,24). The third-order valence-electron chi connectivity index (χ3n) is 4.66. The lowest BCUT2D eigenvalue weighted by Gasteiger charge is -2.17. The Labute approximate surface area is 160 Å². The Kier molecular flexibility index (Phi) is 4.73. The van der Waals surface area contributed by atoms with Crippen LogP contribution in [-0.4, -0.2) is 38.8 Å². The third-order valence-corrected chi connectivity index (χ3v) is 5.71. The van der Waals surface area contributed by atoms with Crippen molar-refractivity contribution in [3.63, 3.8) is 0 Å². The summed E-state index contributed by atoms with van der Waals surface area (Å²) in [5.41, 5.74) is 1.88. The second-order valence-corrected chi connectivity index (χ2v) is 8.03. The normalized spacial score (nSPS) is 15.3. The highest BCUT2D eigenvalue weighted by molar-refractivity contribution is 7.19. The van der Waals surface area contributed by atoms with Crippen LogP contribution >= 0.6 is 11.3 Å². The van der Waals surface area contributed by atoms with Gasteiger partial charge in [-0.15, -0.1) is 11.3 Å². The summed E-state index contributed by atoms with van der Waals surface area (Å²) in [6.07, 6.45) is 4.82. The predicted octanol–water partition coefficient (Wildman–Crippen LogP) is 3.94. The van der Waals surface area contributed by atoms with E-state index in [0.29, 0.717) is 17.2 Å². The Hall–Kier alpha value is -2.61. The van der Waals surface area contributed by atoms with Crippen LogP contribution in [0.25, 0.3) is 10.2 Å². The first kappa shape index (κ1) is 17.8. The molecule has 6 nitrogen and oxygen atoms in total. The molecule has 0 spiro atoms. The number of nitrogens with zero attached hydrogens (tertiary/aromatic N) is 4. The number of likely N-dealkylation sites (tertiary alicyclic amines) is 1. The molecule has 3 aromatic rings. The number of rotatable bonds is 4. The van der Waals surface area contributed by atoms with Gasteiger partial charge < -0.3 is 10.2 Å². The van der Waals surface area contributed by atoms with Gasteiger partial charge in [0.25, 0.3) is 5.91 Å². The molecule has 0 saturated carbocycles. The van der Waals surface area contributed by atoms with E-state index in [-0.39, 0.29) is 11.9 Å². The lowest BCUT2D eigenvalue weighted by Crippen LogP contribution is -2.28. The molecule has 1 atom stereocenters. The second-order valence-electron chi connectivity index (χ2n) is 6.77. The van der Waals surface area contributed by atoms with Crippen molar-refractivity contribution >= 4 is 33.4 Å². The summed E-state index contributed by atoms with van der Waals surface area (Å²) in [7, 11) is 0. The van der Waals surface area contributed by atoms with Gasteiger partial charge in [0, 0.05) is 24.2 Å². The van der Waals surface area contributed by atoms with Crippen LogP contribution in [0, 0.1) is 12.7 Å². The first-order valence-electron chi connectivity index (χ1n) is 8.95. The molecule has 0 aliphatic carbocycles. The lowest BCUT2D eigenvalue weighted by molar-refractivity contribution is 0.0789. The summed E-state index contributed by atoms with van der Waals surface area (Å²) in [5.74, 6) is -0.0830. The van der Waals surface area contributed by atoms with Crippen molar-refractivity contribution in [1.82, 2.24) is 19.9 Å². The highest BCUT2D eigenvalue weighted by Crippen LogP contribution is 2.29. The summed E-state index contributed by atoms with van der Waals surface area (Å²) >= 11 is 1.53. The van der Waals surface area contributed by atoms with Crippen molar-refractivity contribution in [2.45, 2.75) is 32.7 Å². The van der Waals surface area contributed by atoms with Crippen LogP contribution in [0.15, 0.2) is 24.5 Å². The average Bonchev–Trinajstić information content (AvgIpc) is 3.29. The Morgan fingerprint density at radius 3 is 2.78 bits per heavy atom. The summed E-state index contributed by atoms with van der Waals surface area (Å²) in [5, 5.41) is 3.18. The van der Waals surface area contributed by atoms with Crippen molar-refractivity contribution < 1.29 is 9.18 Å². The van der Waals surface area contributed by atoms with Crippen LogP contribution in [0.2, 0.25) is 0 Å². The molecule has 4 rings (SSSR count). The molecule has 0 radical (unpaired) electrons. The molecule has 27 heavy (non-hydrogen) atoms. The van der Waals surface area contributed by atoms with Crippen LogP contribution in [0.3, 0.4) is 0 Å². The van der Waals surface area contributed by atoms with Crippen molar-refractivity contribution in [2.75, 3.05) is 18.4 Å². The summed E-state index contributed by atoms with van der Waals surface area (Å²) in [4.78, 5) is 28.9. The fraction of sp³-hybridized carbons (Fsp3) is 0.368. The van der Waals surface area contributed by atoms with E-state index in [4.69, 9.17) is 0 Å². The second kappa shape index (κ2) is 7.19. The average molecular weight is 385 g/mol. The minimum atomic E-state index is -0.393. The maximum absolute atomic E-state index is 13.4. The van der Waals surface area contributed by atoms with Gasteiger partial charge in [-0.2, -0.15) is 0 Å². The summed E-state index contributed by atoms with van der Waals surface area (Å²) in [6, 6.07) is 3.14. The van der Waals surface area contributed by atoms with Gasteiger partial charge >= 0.3 is 0 Å². The molecule has 4 heterocycles. The number of carbonyl (C=O) groups excluding carboxylic acids is 1. The number of hydrogen-bond acceptors (Lipinski definition) is 6. The minimum absolute atomic E-state index is 0.0510. The largest absolute Gasteiger partial charge is 0.348 e. The van der Waals surface area contributed by atoms with Crippen LogP contribution in [0.4, 0.5) is 10.3 Å². The van der Waals surface area contributed by atoms with Gasteiger partial charge in [0.1, 0.15) is 5.82 Å². The zero-order chi connectivity index (χ0) is 19.0. The fourth-order valence-electron chi connectivity index (χ4n) is 3.27. The number of carbonyl (C=O) groups is 1. The molecule has 0 bridgehead atoms. The molecule has 0 aromatic carbocycles. The van der Waals surface area contributed by atoms with E-state index in [1.54, 1.807) is 6.20 Å². The van der Waals surface area contributed by atoms with Gasteiger partial charge in [0.2, 0.25) is 5.95 Å². The summed E-state index contributed by atoms with van der Waals surface area (Å²) < 4.78 is 14.3. The number of pyridine rings is 1. The number of halogens is 1. The molecular formula is C19H20FN5OS. The minimum Gasteiger partial charge on any atom is -0.348 e. The Bertz CT molecular complexity index is 999. The van der Waals surface area contributed by atoms with E-state index in [2.05, 4.69) is 20.3 Å². The maximum atomic E-state index is 13.4. The summed E-state index contributed by atoms with van der Waals surface area (Å²) in [6.45, 7) is 5.40. The Morgan fingerprint density at radius 2 is 2.04 bits per heavy atom. The van der Waals surface area contributed by atoms with Gasteiger partial charge in [-0.05, 0) is 44.4 Å². The highest BCUT2D eigenvalue weighted by Gasteiger charge is 2.25. The van der Waals surface area contributed by atoms with Crippen molar-refractivity contribution in [3.05, 3.63) is 46.5 Å². The lowest BCUT2D eigenvalue weighted by atomic mass is 10.1. The number of anilines is 1. The number of thiophene rings is 1. The molecule has 1 N–H and O–H groups in total. The molecule has 1 fully saturated rings. The molecule has 3 aromatic heterocycles. The van der Waals surface area contributed by atoms with Crippen molar-refractivity contribution in [3.8, 4) is 0 Å². The molecule has 1 saturated heterocycles. The topological polar surface area (TPSA) is 71.0 Å². The zero-order valence-corrected chi connectivity index (χ0v) is 16.0. The molecule has 1 aliphatic heterocycles. The number of aromatic nitrogens is 3. The fourth-order valence-corrected chi connectivity index (χ4v) is 4.20. The number of fused-ring (bicyclic) bond motifs is 1. The zero-order valence-electron chi connectivity index (χ0n) is 15.2. The van der Waals surface area contributed by atoms with Gasteiger partial charge in [-0.1, -0.05) is 0 Å². The first-order valence-corrected chi connectivity index (χ1v) is 9.77. The highest BCUT2D eigenvalue weighted by atomic mass is 32.1. The quantitative estimate of drug-likeness (QED) is 0.736. The van der Waals surface area contributed by atoms with Crippen LogP contribution < -0.4 is 5.32 Å². The number of hydrogen-bond donors (Lipinski definition) is 1. The smallest absolute Gasteiger partial charge is 0.274 e. The van der Waals surface area contributed by atoms with Gasteiger partial charge in [0.05, 0.1) is 22.5 Å². The first-order chi connectivity index (χ1) is 13.0. The molecule has 8 heteroatoms. The van der Waals surface area contributed by atoms with Crippen molar-refractivity contribution in [1.29, 1.82) is 0 Å². The Balaban J connectivity index is 1.69. The monoisotopic (exact) mass is 385 g/mol. The van der Waals surface area contributed by atoms with Crippen LogP contribution in [0.1, 0.15) is 46.7 Å². The number of aryl methyl sites for hydroxylation is 1. The van der Waals surface area contributed by atoms with Crippen LogP contribution in [-0.2, 0) is 0 Å². The van der Waals surface area contributed by atoms with Crippen molar-refractivity contribution in [2.24, 2.45) is 0 Å².